The van der Waals surface area contributed by atoms with Crippen molar-refractivity contribution >= 4 is 29.2 Å². The highest BCUT2D eigenvalue weighted by Gasteiger charge is 2.31. The fourth-order valence-corrected chi connectivity index (χ4v) is 4.77. The number of hydrogen-bond donors (Lipinski definition) is 0. The van der Waals surface area contributed by atoms with Crippen molar-refractivity contribution in [3.8, 4) is 0 Å². The average Bonchev–Trinajstić information content (AvgIpc) is 2.79. The van der Waals surface area contributed by atoms with Gasteiger partial charge < -0.3 is 9.80 Å². The first-order valence-corrected chi connectivity index (χ1v) is 11.0. The molecule has 0 bridgehead atoms. The van der Waals surface area contributed by atoms with Crippen molar-refractivity contribution in [1.29, 1.82) is 0 Å². The minimum Gasteiger partial charge on any atom is -0.353 e. The third kappa shape index (κ3) is 4.00. The molecule has 3 aromatic rings. The SMILES string of the molecule is Cc1nc(N2CCN(c3ccccn3)CC2)nc2c1C(=O)C[C@@H](c1cccc(Cl)c1)C2. The van der Waals surface area contributed by atoms with Gasteiger partial charge in [0.1, 0.15) is 5.82 Å². The van der Waals surface area contributed by atoms with Crippen molar-refractivity contribution in [1.82, 2.24) is 15.0 Å². The lowest BCUT2D eigenvalue weighted by atomic mass is 9.81. The highest BCUT2D eigenvalue weighted by molar-refractivity contribution is 6.30. The van der Waals surface area contributed by atoms with E-state index in [0.717, 1.165) is 61.3 Å². The molecule has 1 aliphatic carbocycles. The lowest BCUT2D eigenvalue weighted by molar-refractivity contribution is 0.0962. The predicted octanol–water partition coefficient (Wildman–Crippen LogP) is 4.07. The van der Waals surface area contributed by atoms with Gasteiger partial charge in [-0.25, -0.2) is 15.0 Å². The van der Waals surface area contributed by atoms with Crippen LogP contribution in [0.25, 0.3) is 0 Å². The van der Waals surface area contributed by atoms with Gasteiger partial charge in [0.2, 0.25) is 5.95 Å². The highest BCUT2D eigenvalue weighted by atomic mass is 35.5. The number of rotatable bonds is 3. The second-order valence-electron chi connectivity index (χ2n) is 8.18. The summed E-state index contributed by atoms with van der Waals surface area (Å²) in [6, 6.07) is 13.8. The molecule has 1 aliphatic heterocycles. The second kappa shape index (κ2) is 8.27. The number of aromatic nitrogens is 3. The number of pyridine rings is 1. The number of carbonyl (C=O) groups is 1. The number of ketones is 1. The van der Waals surface area contributed by atoms with Gasteiger partial charge in [-0.1, -0.05) is 29.8 Å². The molecule has 31 heavy (non-hydrogen) atoms. The maximum Gasteiger partial charge on any atom is 0.225 e. The molecule has 0 radical (unpaired) electrons. The van der Waals surface area contributed by atoms with Crippen molar-refractivity contribution < 1.29 is 4.79 Å². The van der Waals surface area contributed by atoms with Gasteiger partial charge in [-0.05, 0) is 49.1 Å². The quantitative estimate of drug-likeness (QED) is 0.620. The molecule has 6 nitrogen and oxygen atoms in total. The van der Waals surface area contributed by atoms with Crippen LogP contribution in [0.2, 0.25) is 5.02 Å². The van der Waals surface area contributed by atoms with Crippen LogP contribution in [0.1, 0.15) is 39.6 Å². The maximum atomic E-state index is 12.9. The van der Waals surface area contributed by atoms with Crippen LogP contribution in [0.5, 0.6) is 0 Å². The second-order valence-corrected chi connectivity index (χ2v) is 8.61. The average molecular weight is 434 g/mol. The number of hydrogen-bond acceptors (Lipinski definition) is 6. The Morgan fingerprint density at radius 3 is 2.52 bits per heavy atom. The summed E-state index contributed by atoms with van der Waals surface area (Å²) >= 11 is 6.18. The van der Waals surface area contributed by atoms with Gasteiger partial charge in [0.05, 0.1) is 17.0 Å². The molecule has 158 valence electrons. The molecule has 3 heterocycles. The lowest BCUT2D eigenvalue weighted by Gasteiger charge is -2.36. The Bertz CT molecular complexity index is 1110. The van der Waals surface area contributed by atoms with Gasteiger partial charge in [0.25, 0.3) is 0 Å². The lowest BCUT2D eigenvalue weighted by Crippen LogP contribution is -2.47. The van der Waals surface area contributed by atoms with Crippen LogP contribution in [0, 0.1) is 6.92 Å². The summed E-state index contributed by atoms with van der Waals surface area (Å²) in [7, 11) is 0. The molecular weight excluding hydrogens is 410 g/mol. The standard InChI is InChI=1S/C24H24ClN5O/c1-16-23-20(14-18(15-21(23)31)17-5-4-6-19(25)13-17)28-24(27-16)30-11-9-29(10-12-30)22-7-2-3-8-26-22/h2-8,13,18H,9-12,14-15H2,1H3/t18-/m0/s1. The molecule has 2 aliphatic rings. The van der Waals surface area contributed by atoms with E-state index in [1.54, 1.807) is 0 Å². The zero-order valence-electron chi connectivity index (χ0n) is 17.5. The van der Waals surface area contributed by atoms with Gasteiger partial charge in [0.15, 0.2) is 5.78 Å². The third-order valence-corrected chi connectivity index (χ3v) is 6.39. The van der Waals surface area contributed by atoms with E-state index in [4.69, 9.17) is 21.6 Å². The zero-order valence-corrected chi connectivity index (χ0v) is 18.2. The Hall–Kier alpha value is -2.99. The first kappa shape index (κ1) is 19.9. The zero-order chi connectivity index (χ0) is 21.4. The number of halogens is 1. The summed E-state index contributed by atoms with van der Waals surface area (Å²) in [6.07, 6.45) is 3.02. The summed E-state index contributed by atoms with van der Waals surface area (Å²) in [5.41, 5.74) is 3.43. The van der Waals surface area contributed by atoms with Crippen molar-refractivity contribution in [3.05, 3.63) is 76.2 Å². The molecule has 7 heteroatoms. The van der Waals surface area contributed by atoms with E-state index in [0.29, 0.717) is 17.0 Å². The van der Waals surface area contributed by atoms with Gasteiger partial charge in [0, 0.05) is 43.8 Å². The monoisotopic (exact) mass is 433 g/mol. The summed E-state index contributed by atoms with van der Waals surface area (Å²) < 4.78 is 0. The number of benzene rings is 1. The van der Waals surface area contributed by atoms with Gasteiger partial charge >= 0.3 is 0 Å². The number of aryl methyl sites for hydroxylation is 1. The van der Waals surface area contributed by atoms with Crippen molar-refractivity contribution in [2.45, 2.75) is 25.7 Å². The molecule has 1 atom stereocenters. The van der Waals surface area contributed by atoms with E-state index in [1.807, 2.05) is 55.6 Å². The molecule has 2 aromatic heterocycles. The number of nitrogens with zero attached hydrogens (tertiary/aromatic N) is 5. The van der Waals surface area contributed by atoms with E-state index in [2.05, 4.69) is 14.8 Å². The van der Waals surface area contributed by atoms with Crippen molar-refractivity contribution in [3.63, 3.8) is 0 Å². The number of Topliss-reactive ketones (excluding diaryl/α,β-unsaturated/α-hetero) is 1. The Kier molecular flexibility index (Phi) is 5.32. The first-order chi connectivity index (χ1) is 15.1. The van der Waals surface area contributed by atoms with E-state index >= 15 is 0 Å². The van der Waals surface area contributed by atoms with Crippen molar-refractivity contribution in [2.24, 2.45) is 0 Å². The highest BCUT2D eigenvalue weighted by Crippen LogP contribution is 2.34. The van der Waals surface area contributed by atoms with Crippen LogP contribution >= 0.6 is 11.6 Å². The Morgan fingerprint density at radius 1 is 0.968 bits per heavy atom. The van der Waals surface area contributed by atoms with Crippen LogP contribution in [-0.4, -0.2) is 46.9 Å². The maximum absolute atomic E-state index is 12.9. The molecule has 0 saturated carbocycles. The number of anilines is 2. The van der Waals surface area contributed by atoms with Crippen molar-refractivity contribution in [2.75, 3.05) is 36.0 Å². The minimum atomic E-state index is 0.0989. The van der Waals surface area contributed by atoms with Gasteiger partial charge in [-0.2, -0.15) is 0 Å². The normalized spacial score (nSPS) is 18.8. The summed E-state index contributed by atoms with van der Waals surface area (Å²) in [4.78, 5) is 31.4. The molecular formula is C24H24ClN5O. The van der Waals surface area contributed by atoms with E-state index in [-0.39, 0.29) is 11.7 Å². The topological polar surface area (TPSA) is 62.2 Å². The van der Waals surface area contributed by atoms with Crippen LogP contribution in [0.4, 0.5) is 11.8 Å². The fourth-order valence-electron chi connectivity index (χ4n) is 4.57. The molecule has 5 rings (SSSR count). The Labute approximate surface area is 186 Å². The number of fused-ring (bicyclic) bond motifs is 1. The summed E-state index contributed by atoms with van der Waals surface area (Å²) in [5.74, 6) is 1.94. The van der Waals surface area contributed by atoms with Crippen LogP contribution in [0.15, 0.2) is 48.7 Å². The van der Waals surface area contributed by atoms with Crippen LogP contribution < -0.4 is 9.80 Å². The summed E-state index contributed by atoms with van der Waals surface area (Å²) in [5, 5.41) is 0.695. The smallest absolute Gasteiger partial charge is 0.225 e. The largest absolute Gasteiger partial charge is 0.353 e. The number of piperazine rings is 1. The van der Waals surface area contributed by atoms with E-state index in [1.165, 1.54) is 0 Å². The van der Waals surface area contributed by atoms with Gasteiger partial charge in [-0.3, -0.25) is 4.79 Å². The molecule has 1 aromatic carbocycles. The van der Waals surface area contributed by atoms with Crippen LogP contribution in [0.3, 0.4) is 0 Å². The summed E-state index contributed by atoms with van der Waals surface area (Å²) in [6.45, 7) is 5.29. The molecule has 1 fully saturated rings. The molecule has 0 N–H and O–H groups in total. The third-order valence-electron chi connectivity index (χ3n) is 6.16. The van der Waals surface area contributed by atoms with Crippen LogP contribution in [-0.2, 0) is 6.42 Å². The number of carbonyl (C=O) groups excluding carboxylic acids is 1. The Morgan fingerprint density at radius 2 is 1.77 bits per heavy atom. The molecule has 1 saturated heterocycles. The van der Waals surface area contributed by atoms with Gasteiger partial charge in [-0.15, -0.1) is 0 Å². The molecule has 0 amide bonds. The molecule has 0 spiro atoms. The Balaban J connectivity index is 1.37. The van der Waals surface area contributed by atoms with E-state index < -0.39 is 0 Å². The minimum absolute atomic E-state index is 0.0989. The first-order valence-electron chi connectivity index (χ1n) is 10.7. The predicted molar refractivity (Wildman–Crippen MR) is 122 cm³/mol. The molecule has 0 unspecified atom stereocenters. The van der Waals surface area contributed by atoms with E-state index in [9.17, 15) is 4.79 Å². The fraction of sp³-hybridized carbons (Fsp3) is 0.333.